The summed E-state index contributed by atoms with van der Waals surface area (Å²) in [5.74, 6) is -4.05. The first-order valence-electron chi connectivity index (χ1n) is 14.7. The minimum absolute atomic E-state index is 0.144. The molecule has 4 aliphatic carbocycles. The molecule has 0 radical (unpaired) electrons. The molecule has 3 atom stereocenters. The number of carbonyl (C=O) groups excluding carboxylic acids is 6. The van der Waals surface area contributed by atoms with Gasteiger partial charge in [-0.05, 0) is 74.0 Å². The molecule has 0 heterocycles. The second kappa shape index (κ2) is 12.8. The largest absolute Gasteiger partial charge is 0.452 e. The molecule has 242 valence electrons. The molecule has 0 saturated heterocycles. The van der Waals surface area contributed by atoms with Crippen LogP contribution in [0.3, 0.4) is 0 Å². The molecule has 14 heteroatoms. The van der Waals surface area contributed by atoms with Crippen LogP contribution in [0.1, 0.15) is 72.6 Å². The zero-order valence-electron chi connectivity index (χ0n) is 25.7. The summed E-state index contributed by atoms with van der Waals surface area (Å²) >= 11 is 0. The van der Waals surface area contributed by atoms with E-state index < -0.39 is 78.0 Å². The van der Waals surface area contributed by atoms with Gasteiger partial charge >= 0.3 is 6.18 Å². The maximum atomic E-state index is 13.5. The highest BCUT2D eigenvalue weighted by atomic mass is 19.4. The van der Waals surface area contributed by atoms with Gasteiger partial charge in [-0.2, -0.15) is 13.2 Å². The van der Waals surface area contributed by atoms with E-state index in [0.717, 1.165) is 31.1 Å². The van der Waals surface area contributed by atoms with Crippen LogP contribution in [0.15, 0.2) is 0 Å². The molecule has 4 N–H and O–H groups in total. The number of Topliss-reactive ketones (excluding diaryl/α,β-unsaturated/α-hetero) is 1. The summed E-state index contributed by atoms with van der Waals surface area (Å²) in [5.41, 5.74) is -0.786. The van der Waals surface area contributed by atoms with Crippen molar-refractivity contribution < 1.29 is 41.9 Å². The predicted molar refractivity (Wildman–Crippen MR) is 149 cm³/mol. The molecule has 4 saturated carbocycles. The summed E-state index contributed by atoms with van der Waals surface area (Å²) in [6.07, 6.45) is 0.718. The number of hydrogen-bond acceptors (Lipinski definition) is 6. The van der Waals surface area contributed by atoms with Crippen molar-refractivity contribution in [2.75, 3.05) is 20.6 Å². The van der Waals surface area contributed by atoms with E-state index in [-0.39, 0.29) is 5.41 Å². The van der Waals surface area contributed by atoms with E-state index in [0.29, 0.717) is 17.8 Å². The molecule has 4 rings (SSSR count). The standard InChI is InChI=1S/C29H44F3N5O6/c1-15(24(41)29(30,31)32)34-25(42)20(10-22(40)37(5)6)36-21(39)14-33-26(43)23(35-16(2)38)27(3,4)28-11-17-7-18(12-28)9-19(8-17)13-28/h15,17-20,23H,7-14H2,1-6H3,(H,33,43)(H,34,42)(H,35,38)(H,36,39)/t15-,17?,18?,19?,20-,23+,28?/m0/s1. The number of rotatable bonds is 12. The predicted octanol–water partition coefficient (Wildman–Crippen LogP) is 1.45. The molecule has 0 aromatic heterocycles. The van der Waals surface area contributed by atoms with Crippen molar-refractivity contribution in [3.05, 3.63) is 0 Å². The van der Waals surface area contributed by atoms with Gasteiger partial charge in [-0.3, -0.25) is 28.8 Å². The number of amides is 5. The molecule has 0 aromatic rings. The lowest BCUT2D eigenvalue weighted by atomic mass is 9.42. The number of nitrogens with zero attached hydrogens (tertiary/aromatic N) is 1. The second-order valence-electron chi connectivity index (χ2n) is 13.5. The first kappa shape index (κ1) is 34.3. The molecule has 0 unspecified atom stereocenters. The van der Waals surface area contributed by atoms with Crippen molar-refractivity contribution in [2.45, 2.75) is 96.9 Å². The van der Waals surface area contributed by atoms with Crippen LogP contribution in [0.4, 0.5) is 13.2 Å². The number of ketones is 1. The van der Waals surface area contributed by atoms with Crippen LogP contribution in [0.5, 0.6) is 0 Å². The SMILES string of the molecule is CC(=O)N[C@H](C(=O)NCC(=O)N[C@@H](CC(=O)N(C)C)C(=O)N[C@@H](C)C(=O)C(F)(F)F)C(C)(C)C12CC3CC(CC(C3)C1)C2. The third-order valence-electron chi connectivity index (χ3n) is 9.72. The van der Waals surface area contributed by atoms with E-state index in [1.165, 1.54) is 40.3 Å². The smallest absolute Gasteiger partial charge is 0.349 e. The number of carbonyl (C=O) groups is 6. The van der Waals surface area contributed by atoms with Gasteiger partial charge in [-0.25, -0.2) is 0 Å². The summed E-state index contributed by atoms with van der Waals surface area (Å²) in [7, 11) is 2.78. The Bertz CT molecular complexity index is 1100. The van der Waals surface area contributed by atoms with Gasteiger partial charge in [0.25, 0.3) is 5.78 Å². The minimum Gasteiger partial charge on any atom is -0.349 e. The van der Waals surface area contributed by atoms with Crippen molar-refractivity contribution in [1.29, 1.82) is 0 Å². The lowest BCUT2D eigenvalue weighted by Gasteiger charge is -2.63. The molecule has 43 heavy (non-hydrogen) atoms. The molecule has 0 aliphatic heterocycles. The highest BCUT2D eigenvalue weighted by Gasteiger charge is 2.60. The van der Waals surface area contributed by atoms with Crippen LogP contribution in [0.25, 0.3) is 0 Å². The first-order valence-corrected chi connectivity index (χ1v) is 14.7. The summed E-state index contributed by atoms with van der Waals surface area (Å²) in [4.78, 5) is 76.2. The molecule has 4 bridgehead atoms. The fraction of sp³-hybridized carbons (Fsp3) is 0.793. The lowest BCUT2D eigenvalue weighted by Crippen LogP contribution is -2.64. The second-order valence-corrected chi connectivity index (χ2v) is 13.5. The summed E-state index contributed by atoms with van der Waals surface area (Å²) in [6, 6.07) is -4.51. The Labute approximate surface area is 249 Å². The third-order valence-corrected chi connectivity index (χ3v) is 9.72. The van der Waals surface area contributed by atoms with Crippen molar-refractivity contribution in [1.82, 2.24) is 26.2 Å². The molecular weight excluding hydrogens is 571 g/mol. The molecule has 5 amide bonds. The van der Waals surface area contributed by atoms with Gasteiger partial charge in [-0.15, -0.1) is 0 Å². The normalized spacial score (nSPS) is 26.5. The molecule has 0 spiro atoms. The number of alkyl halides is 3. The lowest BCUT2D eigenvalue weighted by molar-refractivity contribution is -0.173. The molecule has 0 aromatic carbocycles. The summed E-state index contributed by atoms with van der Waals surface area (Å²) in [6.45, 7) is 5.50. The molecule has 4 aliphatic rings. The highest BCUT2D eigenvalue weighted by Crippen LogP contribution is 2.66. The van der Waals surface area contributed by atoms with Gasteiger partial charge in [0.1, 0.15) is 12.1 Å². The monoisotopic (exact) mass is 615 g/mol. The van der Waals surface area contributed by atoms with Crippen molar-refractivity contribution in [2.24, 2.45) is 28.6 Å². The molecular formula is C29H44F3N5O6. The van der Waals surface area contributed by atoms with E-state index in [1.54, 1.807) is 0 Å². The van der Waals surface area contributed by atoms with Crippen LogP contribution in [0.2, 0.25) is 0 Å². The van der Waals surface area contributed by atoms with Crippen LogP contribution in [0, 0.1) is 28.6 Å². The van der Waals surface area contributed by atoms with Gasteiger partial charge in [0, 0.05) is 21.0 Å². The van der Waals surface area contributed by atoms with Crippen molar-refractivity contribution >= 4 is 35.3 Å². The Morgan fingerprint density at radius 3 is 1.81 bits per heavy atom. The average molecular weight is 616 g/mol. The fourth-order valence-corrected chi connectivity index (χ4v) is 7.69. The zero-order chi connectivity index (χ0) is 32.5. The highest BCUT2D eigenvalue weighted by molar-refractivity contribution is 5.97. The quantitative estimate of drug-likeness (QED) is 0.261. The topological polar surface area (TPSA) is 154 Å². The van der Waals surface area contributed by atoms with E-state index in [9.17, 15) is 41.9 Å². The molecule has 11 nitrogen and oxygen atoms in total. The van der Waals surface area contributed by atoms with Crippen molar-refractivity contribution in [3.8, 4) is 0 Å². The van der Waals surface area contributed by atoms with Gasteiger partial charge in [0.15, 0.2) is 0 Å². The summed E-state index contributed by atoms with van der Waals surface area (Å²) in [5, 5.41) is 9.49. The van der Waals surface area contributed by atoms with Crippen LogP contribution in [-0.2, 0) is 28.8 Å². The average Bonchev–Trinajstić information content (AvgIpc) is 2.87. The zero-order valence-corrected chi connectivity index (χ0v) is 25.7. The van der Waals surface area contributed by atoms with Crippen molar-refractivity contribution in [3.63, 3.8) is 0 Å². The number of nitrogens with one attached hydrogen (secondary N) is 4. The van der Waals surface area contributed by atoms with E-state index in [4.69, 9.17) is 0 Å². The first-order chi connectivity index (χ1) is 19.8. The Kier molecular flexibility index (Phi) is 10.2. The van der Waals surface area contributed by atoms with Gasteiger partial charge < -0.3 is 26.2 Å². The Balaban J connectivity index is 1.70. The van der Waals surface area contributed by atoms with E-state index >= 15 is 0 Å². The van der Waals surface area contributed by atoms with Gasteiger partial charge in [0.2, 0.25) is 29.5 Å². The van der Waals surface area contributed by atoms with Crippen LogP contribution in [-0.4, -0.2) is 85.2 Å². The van der Waals surface area contributed by atoms with E-state index in [2.05, 4.69) is 16.0 Å². The fourth-order valence-electron chi connectivity index (χ4n) is 7.69. The number of hydrogen-bond donors (Lipinski definition) is 4. The maximum absolute atomic E-state index is 13.5. The van der Waals surface area contributed by atoms with Gasteiger partial charge in [-0.1, -0.05) is 13.8 Å². The Morgan fingerprint density at radius 2 is 1.37 bits per heavy atom. The van der Waals surface area contributed by atoms with E-state index in [1.807, 2.05) is 19.2 Å². The van der Waals surface area contributed by atoms with Crippen LogP contribution < -0.4 is 21.3 Å². The summed E-state index contributed by atoms with van der Waals surface area (Å²) < 4.78 is 38.4. The maximum Gasteiger partial charge on any atom is 0.452 e. The van der Waals surface area contributed by atoms with Crippen LogP contribution >= 0.6 is 0 Å². The van der Waals surface area contributed by atoms with Gasteiger partial charge in [0.05, 0.1) is 19.0 Å². The minimum atomic E-state index is -5.19. The Morgan fingerprint density at radius 1 is 0.860 bits per heavy atom. The molecule has 4 fully saturated rings. The Hall–Kier alpha value is -3.19. The number of halogens is 3. The third kappa shape index (κ3) is 7.86.